The monoisotopic (exact) mass is 355 g/mol. The molecule has 2 fully saturated rings. The van der Waals surface area contributed by atoms with E-state index in [2.05, 4.69) is 5.32 Å². The molecule has 3 aliphatic rings. The van der Waals surface area contributed by atoms with Gasteiger partial charge in [-0.05, 0) is 37.0 Å². The van der Waals surface area contributed by atoms with Crippen molar-refractivity contribution in [1.29, 1.82) is 0 Å². The topological polar surface area (TPSA) is 47.6 Å². The highest BCUT2D eigenvalue weighted by molar-refractivity contribution is 6.52. The van der Waals surface area contributed by atoms with Crippen LogP contribution in [0.15, 0.2) is 18.2 Å². The number of carbonyl (C=O) groups excluding carboxylic acids is 1. The number of hydrogen-bond donors (Lipinski definition) is 1. The number of rotatable bonds is 3. The van der Waals surface area contributed by atoms with Crippen molar-refractivity contribution in [1.82, 2.24) is 5.32 Å². The summed E-state index contributed by atoms with van der Waals surface area (Å²) in [6, 6.07) is 5.96. The zero-order valence-corrected chi connectivity index (χ0v) is 14.3. The maximum atomic E-state index is 12.5. The maximum absolute atomic E-state index is 12.5. The standard InChI is InChI=1S/C17H19Cl2NO3/c18-17(19)10-12(17)15(21)20-16(5-1-2-6-16)11-3-4-13-14(9-11)23-8-7-22-13/h3-4,9,12H,1-2,5-8,10H2,(H,20,21). The van der Waals surface area contributed by atoms with Crippen molar-refractivity contribution in [2.24, 2.45) is 5.92 Å². The van der Waals surface area contributed by atoms with Crippen molar-refractivity contribution in [3.63, 3.8) is 0 Å². The van der Waals surface area contributed by atoms with Gasteiger partial charge in [0.2, 0.25) is 5.91 Å². The van der Waals surface area contributed by atoms with Crippen LogP contribution in [0.5, 0.6) is 11.5 Å². The molecule has 124 valence electrons. The molecule has 4 rings (SSSR count). The molecule has 1 unspecified atom stereocenters. The van der Waals surface area contributed by atoms with E-state index >= 15 is 0 Å². The van der Waals surface area contributed by atoms with Crippen LogP contribution in [0.25, 0.3) is 0 Å². The van der Waals surface area contributed by atoms with Crippen molar-refractivity contribution < 1.29 is 14.3 Å². The van der Waals surface area contributed by atoms with Crippen LogP contribution < -0.4 is 14.8 Å². The Morgan fingerprint density at radius 2 is 1.78 bits per heavy atom. The molecule has 2 aliphatic carbocycles. The second-order valence-corrected chi connectivity index (χ2v) is 8.20. The van der Waals surface area contributed by atoms with Gasteiger partial charge < -0.3 is 14.8 Å². The van der Waals surface area contributed by atoms with Gasteiger partial charge in [-0.2, -0.15) is 0 Å². The summed E-state index contributed by atoms with van der Waals surface area (Å²) in [7, 11) is 0. The van der Waals surface area contributed by atoms with Crippen molar-refractivity contribution in [3.8, 4) is 11.5 Å². The van der Waals surface area contributed by atoms with Crippen LogP contribution in [0.4, 0.5) is 0 Å². The third kappa shape index (κ3) is 2.76. The average molecular weight is 356 g/mol. The predicted molar refractivity (Wildman–Crippen MR) is 88.3 cm³/mol. The summed E-state index contributed by atoms with van der Waals surface area (Å²) in [6.07, 6.45) is 4.54. The lowest BCUT2D eigenvalue weighted by Crippen LogP contribution is -2.45. The highest BCUT2D eigenvalue weighted by Crippen LogP contribution is 2.54. The molecule has 1 aromatic rings. The summed E-state index contributed by atoms with van der Waals surface area (Å²) < 4.78 is 10.4. The minimum Gasteiger partial charge on any atom is -0.486 e. The van der Waals surface area contributed by atoms with Crippen molar-refractivity contribution in [2.75, 3.05) is 13.2 Å². The molecule has 6 heteroatoms. The van der Waals surface area contributed by atoms with Crippen LogP contribution in [-0.2, 0) is 10.3 Å². The first-order valence-electron chi connectivity index (χ1n) is 8.10. The number of hydrogen-bond acceptors (Lipinski definition) is 3. The summed E-state index contributed by atoms with van der Waals surface area (Å²) in [5.41, 5.74) is 0.724. The Kier molecular flexibility index (Phi) is 3.65. The Morgan fingerprint density at radius 3 is 2.43 bits per heavy atom. The second kappa shape index (κ2) is 5.45. The molecule has 1 atom stereocenters. The molecule has 0 saturated heterocycles. The van der Waals surface area contributed by atoms with E-state index in [-0.39, 0.29) is 17.4 Å². The van der Waals surface area contributed by atoms with Crippen LogP contribution in [-0.4, -0.2) is 23.5 Å². The highest BCUT2D eigenvalue weighted by atomic mass is 35.5. The van der Waals surface area contributed by atoms with E-state index in [1.807, 2.05) is 18.2 Å². The Morgan fingerprint density at radius 1 is 1.13 bits per heavy atom. The fraction of sp³-hybridized carbons (Fsp3) is 0.588. The summed E-state index contributed by atoms with van der Waals surface area (Å²) in [6.45, 7) is 1.13. The Hall–Kier alpha value is -1.13. The summed E-state index contributed by atoms with van der Waals surface area (Å²) in [4.78, 5) is 12.5. The first kappa shape index (κ1) is 15.4. The largest absolute Gasteiger partial charge is 0.486 e. The van der Waals surface area contributed by atoms with Gasteiger partial charge in [-0.3, -0.25) is 4.79 Å². The van der Waals surface area contributed by atoms with Gasteiger partial charge in [0.25, 0.3) is 0 Å². The van der Waals surface area contributed by atoms with Gasteiger partial charge in [-0.25, -0.2) is 0 Å². The lowest BCUT2D eigenvalue weighted by Gasteiger charge is -2.32. The normalized spacial score (nSPS) is 26.6. The molecule has 0 spiro atoms. The third-order valence-electron chi connectivity index (χ3n) is 5.06. The van der Waals surface area contributed by atoms with Gasteiger partial charge in [0, 0.05) is 0 Å². The lowest BCUT2D eigenvalue weighted by molar-refractivity contribution is -0.124. The van der Waals surface area contributed by atoms with E-state index in [0.29, 0.717) is 19.6 Å². The molecule has 2 saturated carbocycles. The molecule has 1 N–H and O–H groups in total. The molecule has 1 aliphatic heterocycles. The smallest absolute Gasteiger partial charge is 0.226 e. The van der Waals surface area contributed by atoms with E-state index in [1.54, 1.807) is 0 Å². The van der Waals surface area contributed by atoms with Gasteiger partial charge in [0.05, 0.1) is 11.5 Å². The number of alkyl halides is 2. The SMILES string of the molecule is O=C(NC1(c2ccc3c(c2)OCCO3)CCCC1)C1CC1(Cl)Cl. The van der Waals surface area contributed by atoms with Crippen molar-refractivity contribution in [3.05, 3.63) is 23.8 Å². The predicted octanol–water partition coefficient (Wildman–Crippen LogP) is 3.54. The molecule has 0 radical (unpaired) electrons. The molecule has 1 aromatic carbocycles. The molecule has 1 amide bonds. The zero-order valence-electron chi connectivity index (χ0n) is 12.7. The summed E-state index contributed by atoms with van der Waals surface area (Å²) in [5.74, 6) is 1.17. The van der Waals surface area contributed by atoms with E-state index in [9.17, 15) is 4.79 Å². The molecule has 1 heterocycles. The molecular formula is C17H19Cl2NO3. The fourth-order valence-electron chi connectivity index (χ4n) is 3.63. The van der Waals surface area contributed by atoms with Gasteiger partial charge in [0.15, 0.2) is 11.5 Å². The average Bonchev–Trinajstić information content (AvgIpc) is 2.96. The Labute approximate surface area is 145 Å². The van der Waals surface area contributed by atoms with E-state index in [4.69, 9.17) is 32.7 Å². The van der Waals surface area contributed by atoms with Crippen LogP contribution in [0.3, 0.4) is 0 Å². The van der Waals surface area contributed by atoms with Crippen LogP contribution in [0, 0.1) is 5.92 Å². The number of fused-ring (bicyclic) bond motifs is 1. The number of halogens is 2. The molecule has 0 aromatic heterocycles. The number of benzene rings is 1. The number of nitrogens with one attached hydrogen (secondary N) is 1. The van der Waals surface area contributed by atoms with Crippen LogP contribution in [0.2, 0.25) is 0 Å². The Balaban J connectivity index is 1.61. The first-order chi connectivity index (χ1) is 11.0. The van der Waals surface area contributed by atoms with Crippen molar-refractivity contribution in [2.45, 2.75) is 42.0 Å². The van der Waals surface area contributed by atoms with Gasteiger partial charge in [0.1, 0.15) is 17.5 Å². The minimum atomic E-state index is -0.892. The van der Waals surface area contributed by atoms with E-state index in [1.165, 1.54) is 0 Å². The maximum Gasteiger partial charge on any atom is 0.226 e. The minimum absolute atomic E-state index is 0.0493. The molecule has 23 heavy (non-hydrogen) atoms. The summed E-state index contributed by atoms with van der Waals surface area (Å²) >= 11 is 12.1. The number of carbonyl (C=O) groups is 1. The molecular weight excluding hydrogens is 337 g/mol. The molecule has 0 bridgehead atoms. The van der Waals surface area contributed by atoms with Gasteiger partial charge in [-0.1, -0.05) is 18.9 Å². The van der Waals surface area contributed by atoms with Crippen molar-refractivity contribution >= 4 is 29.1 Å². The fourth-order valence-corrected chi connectivity index (χ4v) is 4.13. The van der Waals surface area contributed by atoms with E-state index < -0.39 is 4.33 Å². The molecule has 4 nitrogen and oxygen atoms in total. The van der Waals surface area contributed by atoms with Gasteiger partial charge in [-0.15, -0.1) is 23.2 Å². The van der Waals surface area contributed by atoms with E-state index in [0.717, 1.165) is 42.7 Å². The van der Waals surface area contributed by atoms with Crippen LogP contribution in [0.1, 0.15) is 37.7 Å². The van der Waals surface area contributed by atoms with Crippen LogP contribution >= 0.6 is 23.2 Å². The highest BCUT2D eigenvalue weighted by Gasteiger charge is 2.57. The number of amides is 1. The number of ether oxygens (including phenoxy) is 2. The quantitative estimate of drug-likeness (QED) is 0.843. The third-order valence-corrected chi connectivity index (χ3v) is 5.89. The zero-order chi connectivity index (χ0) is 16.1. The Bertz CT molecular complexity index is 641. The summed E-state index contributed by atoms with van der Waals surface area (Å²) in [5, 5.41) is 3.23. The van der Waals surface area contributed by atoms with Gasteiger partial charge >= 0.3 is 0 Å². The lowest BCUT2D eigenvalue weighted by atomic mass is 9.87. The first-order valence-corrected chi connectivity index (χ1v) is 8.86. The second-order valence-electron chi connectivity index (χ2n) is 6.65.